The second kappa shape index (κ2) is 20.8. The molecule has 2 rings (SSSR count). The molecule has 9 heteroatoms. The minimum atomic E-state index is -0.566. The third kappa shape index (κ3) is 11.0. The SMILES string of the molecule is CCCCOC[C@H]1O[C@@H](c2cc(CO)c(Cl)cc2OCOC)[C@H](OCCCC)[C@@H](OCCCC)[C@@H]1OCCCC. The number of hydrogen-bond acceptors (Lipinski definition) is 8. The van der Waals surface area contributed by atoms with Crippen LogP contribution in [0.25, 0.3) is 0 Å². The third-order valence-corrected chi connectivity index (χ3v) is 7.32. The van der Waals surface area contributed by atoms with Crippen molar-refractivity contribution in [2.24, 2.45) is 0 Å². The van der Waals surface area contributed by atoms with E-state index in [2.05, 4.69) is 27.7 Å². The molecule has 0 radical (unpaired) electrons. The van der Waals surface area contributed by atoms with Crippen molar-refractivity contribution in [1.82, 2.24) is 0 Å². The summed E-state index contributed by atoms with van der Waals surface area (Å²) in [6.07, 6.45) is 5.68. The van der Waals surface area contributed by atoms with Crippen molar-refractivity contribution in [3.8, 4) is 5.75 Å². The maximum atomic E-state index is 10.0. The Morgan fingerprint density at radius 3 is 1.95 bits per heavy atom. The predicted octanol–water partition coefficient (Wildman–Crippen LogP) is 6.63. The van der Waals surface area contributed by atoms with Crippen molar-refractivity contribution in [2.75, 3.05) is 46.9 Å². The zero-order chi connectivity index (χ0) is 29.2. The highest BCUT2D eigenvalue weighted by Gasteiger charge is 2.49. The second-order valence-electron chi connectivity index (χ2n) is 10.3. The van der Waals surface area contributed by atoms with Crippen LogP contribution in [0.3, 0.4) is 0 Å². The number of halogens is 1. The van der Waals surface area contributed by atoms with Gasteiger partial charge in [-0.2, -0.15) is 0 Å². The zero-order valence-corrected chi connectivity index (χ0v) is 26.1. The molecule has 5 atom stereocenters. The van der Waals surface area contributed by atoms with Crippen LogP contribution in [0, 0.1) is 0 Å². The lowest BCUT2D eigenvalue weighted by Crippen LogP contribution is -2.58. The van der Waals surface area contributed by atoms with Crippen LogP contribution in [0.1, 0.15) is 96.3 Å². The fraction of sp³-hybridized carbons (Fsp3) is 0.806. The molecule has 0 amide bonds. The number of aliphatic hydroxyl groups excluding tert-OH is 1. The van der Waals surface area contributed by atoms with E-state index >= 15 is 0 Å². The largest absolute Gasteiger partial charge is 0.467 e. The molecule has 8 nitrogen and oxygen atoms in total. The first-order chi connectivity index (χ1) is 19.6. The van der Waals surface area contributed by atoms with Gasteiger partial charge in [-0.05, 0) is 43.4 Å². The highest BCUT2D eigenvalue weighted by Crippen LogP contribution is 2.42. The number of unbranched alkanes of at least 4 members (excludes halogenated alkanes) is 4. The molecule has 1 N–H and O–H groups in total. The van der Waals surface area contributed by atoms with Gasteiger partial charge in [-0.1, -0.05) is 65.0 Å². The fourth-order valence-corrected chi connectivity index (χ4v) is 4.83. The monoisotopic (exact) mass is 588 g/mol. The van der Waals surface area contributed by atoms with E-state index in [1.54, 1.807) is 13.2 Å². The van der Waals surface area contributed by atoms with Gasteiger partial charge in [0, 0.05) is 44.1 Å². The molecule has 1 heterocycles. The number of ether oxygens (including phenoxy) is 7. The minimum Gasteiger partial charge on any atom is -0.467 e. The predicted molar refractivity (Wildman–Crippen MR) is 157 cm³/mol. The van der Waals surface area contributed by atoms with Gasteiger partial charge in [0.05, 0.1) is 13.2 Å². The fourth-order valence-electron chi connectivity index (χ4n) is 4.62. The number of aliphatic hydroxyl groups is 1. The molecule has 40 heavy (non-hydrogen) atoms. The summed E-state index contributed by atoms with van der Waals surface area (Å²) in [5.74, 6) is 0.515. The van der Waals surface area contributed by atoms with E-state index in [9.17, 15) is 5.11 Å². The number of methoxy groups -OCH3 is 1. The molecule has 0 unspecified atom stereocenters. The van der Waals surface area contributed by atoms with E-state index in [0.29, 0.717) is 49.4 Å². The van der Waals surface area contributed by atoms with Crippen molar-refractivity contribution in [3.63, 3.8) is 0 Å². The summed E-state index contributed by atoms with van der Waals surface area (Å²) in [5, 5.41) is 10.4. The molecule has 0 saturated carbocycles. The Kier molecular flexibility index (Phi) is 18.3. The van der Waals surface area contributed by atoms with E-state index in [4.69, 9.17) is 44.8 Å². The average Bonchev–Trinajstić information content (AvgIpc) is 2.96. The van der Waals surface area contributed by atoms with Gasteiger partial charge in [0.1, 0.15) is 36.3 Å². The third-order valence-electron chi connectivity index (χ3n) is 6.97. The second-order valence-corrected chi connectivity index (χ2v) is 10.7. The van der Waals surface area contributed by atoms with E-state index in [1.165, 1.54) is 0 Å². The lowest BCUT2D eigenvalue weighted by Gasteiger charge is -2.46. The van der Waals surface area contributed by atoms with Crippen molar-refractivity contribution < 1.29 is 38.3 Å². The normalized spacial score (nSPS) is 23.0. The van der Waals surface area contributed by atoms with Crippen LogP contribution in [0.2, 0.25) is 5.02 Å². The molecular weight excluding hydrogens is 536 g/mol. The van der Waals surface area contributed by atoms with Gasteiger partial charge in [-0.3, -0.25) is 0 Å². The van der Waals surface area contributed by atoms with Crippen LogP contribution in [0.15, 0.2) is 12.1 Å². The lowest BCUT2D eigenvalue weighted by atomic mass is 9.89. The summed E-state index contributed by atoms with van der Waals surface area (Å²) in [7, 11) is 1.57. The van der Waals surface area contributed by atoms with Crippen LogP contribution in [-0.2, 0) is 35.0 Å². The van der Waals surface area contributed by atoms with E-state index in [1.807, 2.05) is 6.07 Å². The van der Waals surface area contributed by atoms with Crippen LogP contribution < -0.4 is 4.74 Å². The summed E-state index contributed by atoms with van der Waals surface area (Å²) in [5.41, 5.74) is 1.31. The van der Waals surface area contributed by atoms with Crippen LogP contribution in [0.5, 0.6) is 5.75 Å². The topological polar surface area (TPSA) is 84.8 Å². The molecule has 1 fully saturated rings. The molecule has 0 aromatic heterocycles. The molecule has 1 aromatic rings. The summed E-state index contributed by atoms with van der Waals surface area (Å²) >= 11 is 6.47. The van der Waals surface area contributed by atoms with Gasteiger partial charge >= 0.3 is 0 Å². The van der Waals surface area contributed by atoms with Gasteiger partial charge in [0.25, 0.3) is 0 Å². The maximum Gasteiger partial charge on any atom is 0.188 e. The molecule has 1 aliphatic heterocycles. The highest BCUT2D eigenvalue weighted by atomic mass is 35.5. The summed E-state index contributed by atoms with van der Waals surface area (Å²) in [6, 6.07) is 3.54. The van der Waals surface area contributed by atoms with Gasteiger partial charge in [0.2, 0.25) is 0 Å². The van der Waals surface area contributed by atoms with Crippen LogP contribution in [-0.4, -0.2) is 76.5 Å². The Morgan fingerprint density at radius 2 is 1.38 bits per heavy atom. The lowest BCUT2D eigenvalue weighted by molar-refractivity contribution is -0.268. The molecule has 1 saturated heterocycles. The van der Waals surface area contributed by atoms with Gasteiger partial charge < -0.3 is 38.3 Å². The first-order valence-corrected chi connectivity index (χ1v) is 15.6. The molecule has 0 spiro atoms. The van der Waals surface area contributed by atoms with E-state index < -0.39 is 12.2 Å². The Bertz CT molecular complexity index is 795. The first kappa shape index (κ1) is 35.2. The molecular formula is C31H53ClO8. The Hall–Kier alpha value is -0.970. The van der Waals surface area contributed by atoms with Gasteiger partial charge in [0.15, 0.2) is 6.79 Å². The number of hydrogen-bond donors (Lipinski definition) is 1. The van der Waals surface area contributed by atoms with E-state index in [0.717, 1.165) is 56.9 Å². The summed E-state index contributed by atoms with van der Waals surface area (Å²) in [6.45, 7) is 11.2. The van der Waals surface area contributed by atoms with E-state index in [-0.39, 0.29) is 31.7 Å². The zero-order valence-electron chi connectivity index (χ0n) is 25.3. The Balaban J connectivity index is 2.57. The van der Waals surface area contributed by atoms with Gasteiger partial charge in [-0.15, -0.1) is 0 Å². The number of rotatable bonds is 22. The number of benzene rings is 1. The molecule has 1 aromatic carbocycles. The average molecular weight is 589 g/mol. The van der Waals surface area contributed by atoms with Gasteiger partial charge in [-0.25, -0.2) is 0 Å². The van der Waals surface area contributed by atoms with Crippen LogP contribution >= 0.6 is 11.6 Å². The van der Waals surface area contributed by atoms with Crippen molar-refractivity contribution in [1.29, 1.82) is 0 Å². The molecule has 232 valence electrons. The Labute approximate surface area is 246 Å². The first-order valence-electron chi connectivity index (χ1n) is 15.2. The molecule has 0 aliphatic carbocycles. The van der Waals surface area contributed by atoms with Crippen LogP contribution in [0.4, 0.5) is 0 Å². The quantitative estimate of drug-likeness (QED) is 0.119. The standard InChI is InChI=1S/C31H53ClO8/c1-6-10-14-35-21-27-29(36-15-11-7-2)31(38-17-13-9-4)30(37-16-12-8-3)28(40-27)24-18-23(20-33)25(32)19-26(24)39-22-34-5/h18-19,27-31,33H,6-17,20-22H2,1-5H3/t27-,28+,29-,30+,31+/m1/s1. The molecule has 1 aliphatic rings. The molecule has 0 bridgehead atoms. The maximum absolute atomic E-state index is 10.0. The van der Waals surface area contributed by atoms with Crippen molar-refractivity contribution >= 4 is 11.6 Å². The highest BCUT2D eigenvalue weighted by molar-refractivity contribution is 6.31. The summed E-state index contributed by atoms with van der Waals surface area (Å²) in [4.78, 5) is 0. The smallest absolute Gasteiger partial charge is 0.188 e. The summed E-state index contributed by atoms with van der Waals surface area (Å²) < 4.78 is 43.7. The van der Waals surface area contributed by atoms with Crippen molar-refractivity contribution in [2.45, 2.75) is 116 Å². The Morgan fingerprint density at radius 1 is 0.800 bits per heavy atom. The van der Waals surface area contributed by atoms with Crippen molar-refractivity contribution in [3.05, 3.63) is 28.3 Å². The minimum absolute atomic E-state index is 0.0403.